The normalized spacial score (nSPS) is 17.6. The third kappa shape index (κ3) is 5.26. The SMILES string of the molecule is CCc1ccc(N=O)c(CC)c1-c1cc(OC2CCCC2)c(CN(C)[C@H]2CCCc3ccccc32)c(C)[nH+]1. The number of rotatable bonds is 9. The van der Waals surface area contributed by atoms with Crippen LogP contribution in [0.4, 0.5) is 5.69 Å². The van der Waals surface area contributed by atoms with E-state index in [1.165, 1.54) is 54.4 Å². The van der Waals surface area contributed by atoms with Crippen LogP contribution < -0.4 is 9.72 Å². The van der Waals surface area contributed by atoms with Gasteiger partial charge in [-0.05, 0) is 98.3 Å². The van der Waals surface area contributed by atoms with Crippen LogP contribution >= 0.6 is 0 Å². The van der Waals surface area contributed by atoms with Gasteiger partial charge in [-0.1, -0.05) is 44.2 Å². The number of benzene rings is 2. The maximum Gasteiger partial charge on any atom is 0.215 e. The summed E-state index contributed by atoms with van der Waals surface area (Å²) in [4.78, 5) is 17.9. The number of pyridine rings is 1. The molecule has 5 heteroatoms. The molecule has 5 rings (SSSR count). The lowest BCUT2D eigenvalue weighted by atomic mass is 9.87. The fourth-order valence-corrected chi connectivity index (χ4v) is 6.64. The van der Waals surface area contributed by atoms with Crippen molar-refractivity contribution in [2.45, 2.75) is 97.2 Å². The molecule has 0 radical (unpaired) electrons. The molecule has 5 nitrogen and oxygen atoms in total. The zero-order valence-corrected chi connectivity index (χ0v) is 23.5. The van der Waals surface area contributed by atoms with Crippen LogP contribution in [-0.2, 0) is 25.8 Å². The molecule has 2 aliphatic carbocycles. The highest BCUT2D eigenvalue weighted by molar-refractivity contribution is 5.73. The van der Waals surface area contributed by atoms with Crippen molar-refractivity contribution < 1.29 is 9.72 Å². The number of hydrogen-bond donors (Lipinski definition) is 0. The Hall–Kier alpha value is -3.05. The number of ether oxygens (including phenoxy) is 1. The maximum atomic E-state index is 11.7. The van der Waals surface area contributed by atoms with Crippen LogP contribution in [0.2, 0.25) is 0 Å². The standard InChI is InChI=1S/C33H41N3O2/c1-5-23-18-19-29(35-37)26(6-2)33(23)30-20-32(38-25-14-8-9-15-25)28(22(3)34-30)21-36(4)31-17-11-13-24-12-7-10-16-27(24)31/h7,10,12,16,18-20,25,31H,5-6,8-9,11,13-15,17,21H2,1-4H3/p+1/t31-/m0/s1. The largest absolute Gasteiger partial charge is 0.490 e. The Morgan fingerprint density at radius 1 is 1.00 bits per heavy atom. The van der Waals surface area contributed by atoms with Gasteiger partial charge < -0.3 is 4.74 Å². The highest BCUT2D eigenvalue weighted by atomic mass is 16.5. The van der Waals surface area contributed by atoms with Crippen molar-refractivity contribution in [3.63, 3.8) is 0 Å². The van der Waals surface area contributed by atoms with E-state index in [0.29, 0.717) is 11.7 Å². The van der Waals surface area contributed by atoms with Crippen molar-refractivity contribution in [2.24, 2.45) is 5.18 Å². The summed E-state index contributed by atoms with van der Waals surface area (Å²) in [5.41, 5.74) is 10.2. The van der Waals surface area contributed by atoms with E-state index in [-0.39, 0.29) is 6.10 Å². The van der Waals surface area contributed by atoms with E-state index in [1.807, 2.05) is 12.1 Å². The summed E-state index contributed by atoms with van der Waals surface area (Å²) in [6.07, 6.45) is 10.2. The van der Waals surface area contributed by atoms with Crippen LogP contribution in [0.15, 0.2) is 47.6 Å². The van der Waals surface area contributed by atoms with Crippen LogP contribution in [0.1, 0.15) is 91.9 Å². The summed E-state index contributed by atoms with van der Waals surface area (Å²) in [5.74, 6) is 0.979. The quantitative estimate of drug-likeness (QED) is 0.275. The van der Waals surface area contributed by atoms with Crippen LogP contribution in [0.5, 0.6) is 5.75 Å². The lowest BCUT2D eigenvalue weighted by molar-refractivity contribution is -0.375. The average molecular weight is 513 g/mol. The molecular formula is C33H42N3O2+. The molecule has 1 fully saturated rings. The van der Waals surface area contributed by atoms with Crippen molar-refractivity contribution in [3.05, 3.63) is 80.9 Å². The molecule has 3 aromatic rings. The minimum Gasteiger partial charge on any atom is -0.490 e. The topological polar surface area (TPSA) is 56.0 Å². The van der Waals surface area contributed by atoms with Crippen molar-refractivity contribution in [1.82, 2.24) is 4.90 Å². The monoisotopic (exact) mass is 512 g/mol. The number of nitrogens with one attached hydrogen (secondary N) is 1. The number of aromatic nitrogens is 1. The summed E-state index contributed by atoms with van der Waals surface area (Å²) in [7, 11) is 2.25. The van der Waals surface area contributed by atoms with Gasteiger partial charge in [-0.3, -0.25) is 4.90 Å². The number of hydrogen-bond acceptors (Lipinski definition) is 4. The molecule has 0 aliphatic heterocycles. The first-order valence-corrected chi connectivity index (χ1v) is 14.5. The van der Waals surface area contributed by atoms with E-state index in [9.17, 15) is 4.91 Å². The molecule has 0 saturated heterocycles. The molecule has 1 heterocycles. The number of aryl methyl sites for hydroxylation is 3. The molecule has 2 aliphatic rings. The van der Waals surface area contributed by atoms with Gasteiger partial charge in [-0.15, -0.1) is 4.91 Å². The minimum atomic E-state index is 0.267. The van der Waals surface area contributed by atoms with E-state index in [1.54, 1.807) is 0 Å². The predicted octanol–water partition coefficient (Wildman–Crippen LogP) is 7.83. The number of nitroso groups, excluding NO2 is 1. The van der Waals surface area contributed by atoms with Crippen molar-refractivity contribution in [3.8, 4) is 17.0 Å². The van der Waals surface area contributed by atoms with Gasteiger partial charge in [0, 0.05) is 19.5 Å². The summed E-state index contributed by atoms with van der Waals surface area (Å²) in [5, 5.41) is 3.36. The summed E-state index contributed by atoms with van der Waals surface area (Å²) >= 11 is 0. The minimum absolute atomic E-state index is 0.267. The highest BCUT2D eigenvalue weighted by Crippen LogP contribution is 2.39. The Kier molecular flexibility index (Phi) is 8.23. The van der Waals surface area contributed by atoms with Gasteiger partial charge in [0.2, 0.25) is 5.69 Å². The number of fused-ring (bicyclic) bond motifs is 1. The first kappa shape index (κ1) is 26.6. The predicted molar refractivity (Wildman–Crippen MR) is 154 cm³/mol. The lowest BCUT2D eigenvalue weighted by Gasteiger charge is -2.33. The third-order valence-electron chi connectivity index (χ3n) is 8.70. The van der Waals surface area contributed by atoms with Gasteiger partial charge in [-0.25, -0.2) is 4.98 Å². The lowest BCUT2D eigenvalue weighted by Crippen LogP contribution is -2.29. The zero-order chi connectivity index (χ0) is 26.6. The Bertz CT molecular complexity index is 1300. The summed E-state index contributed by atoms with van der Waals surface area (Å²) in [6, 6.07) is 15.5. The van der Waals surface area contributed by atoms with Gasteiger partial charge >= 0.3 is 0 Å². The molecule has 1 aromatic heterocycles. The smallest absolute Gasteiger partial charge is 0.215 e. The van der Waals surface area contributed by atoms with Gasteiger partial charge in [0.15, 0.2) is 5.69 Å². The summed E-state index contributed by atoms with van der Waals surface area (Å²) < 4.78 is 6.78. The fraction of sp³-hybridized carbons (Fsp3) is 0.485. The van der Waals surface area contributed by atoms with E-state index in [0.717, 1.165) is 60.5 Å². The second-order valence-electron chi connectivity index (χ2n) is 11.1. The number of nitrogens with zero attached hydrogens (tertiary/aromatic N) is 2. The zero-order valence-electron chi connectivity index (χ0n) is 23.5. The van der Waals surface area contributed by atoms with E-state index < -0.39 is 0 Å². The number of H-pyrrole nitrogens is 1. The van der Waals surface area contributed by atoms with Crippen molar-refractivity contribution in [2.75, 3.05) is 7.05 Å². The molecule has 0 amide bonds. The van der Waals surface area contributed by atoms with Gasteiger partial charge in [-0.2, -0.15) is 0 Å². The van der Waals surface area contributed by atoms with Crippen molar-refractivity contribution >= 4 is 5.69 Å². The van der Waals surface area contributed by atoms with Crippen LogP contribution in [0.25, 0.3) is 11.3 Å². The molecular weight excluding hydrogens is 470 g/mol. The van der Waals surface area contributed by atoms with Crippen molar-refractivity contribution in [1.29, 1.82) is 0 Å². The second kappa shape index (κ2) is 11.8. The molecule has 2 aromatic carbocycles. The Morgan fingerprint density at radius 3 is 2.53 bits per heavy atom. The van der Waals surface area contributed by atoms with Crippen LogP contribution in [-0.4, -0.2) is 18.1 Å². The summed E-state index contributed by atoms with van der Waals surface area (Å²) in [6.45, 7) is 7.25. The fourth-order valence-electron chi connectivity index (χ4n) is 6.64. The Morgan fingerprint density at radius 2 is 1.79 bits per heavy atom. The average Bonchev–Trinajstić information content (AvgIpc) is 3.46. The Balaban J connectivity index is 1.56. The third-order valence-corrected chi connectivity index (χ3v) is 8.70. The molecule has 0 unspecified atom stereocenters. The van der Waals surface area contributed by atoms with Gasteiger partial charge in [0.25, 0.3) is 0 Å². The maximum absolute atomic E-state index is 11.7. The van der Waals surface area contributed by atoms with E-state index in [2.05, 4.69) is 73.2 Å². The van der Waals surface area contributed by atoms with Crippen LogP contribution in [0, 0.1) is 11.8 Å². The van der Waals surface area contributed by atoms with Gasteiger partial charge in [0.05, 0.1) is 23.3 Å². The molecule has 0 spiro atoms. The molecule has 1 atom stereocenters. The second-order valence-corrected chi connectivity index (χ2v) is 11.1. The van der Waals surface area contributed by atoms with Crippen LogP contribution in [0.3, 0.4) is 0 Å². The molecule has 0 bridgehead atoms. The van der Waals surface area contributed by atoms with E-state index >= 15 is 0 Å². The van der Waals surface area contributed by atoms with E-state index in [4.69, 9.17) is 4.74 Å². The molecule has 38 heavy (non-hydrogen) atoms. The molecule has 1 N–H and O–H groups in total. The number of aromatic amines is 1. The highest BCUT2D eigenvalue weighted by Gasteiger charge is 2.29. The Labute approximate surface area is 227 Å². The molecule has 200 valence electrons. The molecule has 1 saturated carbocycles. The first-order chi connectivity index (χ1) is 18.5. The van der Waals surface area contributed by atoms with Gasteiger partial charge in [0.1, 0.15) is 11.4 Å². The first-order valence-electron chi connectivity index (χ1n) is 14.5.